The lowest BCUT2D eigenvalue weighted by Gasteiger charge is -2.26. The molecule has 0 unspecified atom stereocenters. The van der Waals surface area contributed by atoms with Gasteiger partial charge >= 0.3 is 0 Å². The van der Waals surface area contributed by atoms with E-state index in [4.69, 9.17) is 5.73 Å². The molecule has 0 atom stereocenters. The second-order valence-corrected chi connectivity index (χ2v) is 6.95. The van der Waals surface area contributed by atoms with Crippen LogP contribution in [0.1, 0.15) is 37.9 Å². The molecule has 0 bridgehead atoms. The molecule has 0 amide bonds. The Morgan fingerprint density at radius 3 is 2.64 bits per heavy atom. The van der Waals surface area contributed by atoms with Gasteiger partial charge in [-0.15, -0.1) is 12.4 Å². The van der Waals surface area contributed by atoms with Crippen LogP contribution in [-0.2, 0) is 7.05 Å². The highest BCUT2D eigenvalue weighted by atomic mass is 35.5. The Morgan fingerprint density at radius 1 is 1.18 bits per heavy atom. The van der Waals surface area contributed by atoms with Crippen LogP contribution in [0.5, 0.6) is 0 Å². The summed E-state index contributed by atoms with van der Waals surface area (Å²) in [6, 6.07) is 6.18. The quantitative estimate of drug-likeness (QED) is 0.611. The van der Waals surface area contributed by atoms with E-state index in [1.165, 1.54) is 12.1 Å². The molecule has 3 aromatic rings. The van der Waals surface area contributed by atoms with E-state index in [0.717, 1.165) is 19.3 Å². The van der Waals surface area contributed by atoms with Crippen LogP contribution in [0.3, 0.4) is 0 Å². The molecular weight excluding hydrogens is 381 g/mol. The molecule has 1 aliphatic carbocycles. The maximum Gasteiger partial charge on any atom is 0.209 e. The number of aliphatic hydroxyl groups is 1. The van der Waals surface area contributed by atoms with Gasteiger partial charge in [-0.1, -0.05) is 24.5 Å². The van der Waals surface area contributed by atoms with Gasteiger partial charge < -0.3 is 15.4 Å². The highest BCUT2D eigenvalue weighted by Crippen LogP contribution is 2.28. The molecule has 4 rings (SSSR count). The summed E-state index contributed by atoms with van der Waals surface area (Å²) >= 11 is 0. The third kappa shape index (κ3) is 3.79. The number of hydrogen-bond donors (Lipinski definition) is 2. The van der Waals surface area contributed by atoms with Crippen molar-refractivity contribution in [2.75, 3.05) is 5.73 Å². The summed E-state index contributed by atoms with van der Waals surface area (Å²) in [5, 5.41) is 10.5. The molecule has 1 aliphatic rings. The zero-order valence-electron chi connectivity index (χ0n) is 15.4. The molecule has 1 fully saturated rings. The van der Waals surface area contributed by atoms with E-state index < -0.39 is 5.60 Å². The number of nitrogens with zero attached hydrogens (tertiary/aromatic N) is 4. The molecule has 2 heterocycles. The lowest BCUT2D eigenvalue weighted by molar-refractivity contribution is 0.0610. The fraction of sp³-hybridized carbons (Fsp3) is 0.350. The van der Waals surface area contributed by atoms with Crippen LogP contribution >= 0.6 is 12.4 Å². The summed E-state index contributed by atoms with van der Waals surface area (Å²) in [6.45, 7) is 0. The highest BCUT2D eigenvalue weighted by molar-refractivity contribution is 5.86. The Morgan fingerprint density at radius 2 is 1.93 bits per heavy atom. The van der Waals surface area contributed by atoms with Gasteiger partial charge in [-0.25, -0.2) is 19.3 Å². The number of benzene rings is 1. The second-order valence-electron chi connectivity index (χ2n) is 6.95. The Hall–Kier alpha value is -2.69. The number of nitrogen functional groups attached to an aromatic ring is 1. The van der Waals surface area contributed by atoms with Gasteiger partial charge in [-0.2, -0.15) is 0 Å². The smallest absolute Gasteiger partial charge is 0.209 e. The van der Waals surface area contributed by atoms with Crippen molar-refractivity contribution in [3.05, 3.63) is 35.9 Å². The van der Waals surface area contributed by atoms with Crippen molar-refractivity contribution in [1.29, 1.82) is 0 Å². The summed E-state index contributed by atoms with van der Waals surface area (Å²) in [7, 11) is 1.79. The summed E-state index contributed by atoms with van der Waals surface area (Å²) in [5.41, 5.74) is 6.66. The van der Waals surface area contributed by atoms with Gasteiger partial charge in [0.15, 0.2) is 17.0 Å². The van der Waals surface area contributed by atoms with Crippen LogP contribution in [0, 0.1) is 17.7 Å². The maximum absolute atomic E-state index is 13.6. The molecule has 1 aromatic carbocycles. The largest absolute Gasteiger partial charge is 0.382 e. The fourth-order valence-electron chi connectivity index (χ4n) is 3.46. The van der Waals surface area contributed by atoms with E-state index in [9.17, 15) is 9.50 Å². The maximum atomic E-state index is 13.6. The Labute approximate surface area is 168 Å². The van der Waals surface area contributed by atoms with E-state index in [1.807, 2.05) is 0 Å². The fourth-order valence-corrected chi connectivity index (χ4v) is 3.46. The van der Waals surface area contributed by atoms with Gasteiger partial charge in [0.2, 0.25) is 5.82 Å². The van der Waals surface area contributed by atoms with E-state index in [0.29, 0.717) is 35.4 Å². The normalized spacial score (nSPS) is 15.5. The van der Waals surface area contributed by atoms with Crippen LogP contribution in [0.25, 0.3) is 22.6 Å². The number of imidazole rings is 1. The topological polar surface area (TPSA) is 89.9 Å². The summed E-state index contributed by atoms with van der Waals surface area (Å²) in [6.07, 6.45) is 4.37. The monoisotopic (exact) mass is 401 g/mol. The number of anilines is 1. The zero-order valence-corrected chi connectivity index (χ0v) is 16.3. The van der Waals surface area contributed by atoms with Gasteiger partial charge in [0, 0.05) is 12.6 Å². The van der Waals surface area contributed by atoms with Crippen LogP contribution in [-0.4, -0.2) is 30.2 Å². The molecule has 1 saturated carbocycles. The van der Waals surface area contributed by atoms with E-state index in [-0.39, 0.29) is 29.9 Å². The van der Waals surface area contributed by atoms with Crippen LogP contribution < -0.4 is 5.73 Å². The van der Waals surface area contributed by atoms with Crippen LogP contribution in [0.15, 0.2) is 24.3 Å². The van der Waals surface area contributed by atoms with Gasteiger partial charge in [0.25, 0.3) is 0 Å². The van der Waals surface area contributed by atoms with E-state index >= 15 is 0 Å². The Balaban J connectivity index is 0.00000225. The molecule has 0 spiro atoms. The Bertz CT molecular complexity index is 1080. The van der Waals surface area contributed by atoms with Crippen molar-refractivity contribution in [1.82, 2.24) is 19.5 Å². The first-order valence-electron chi connectivity index (χ1n) is 8.97. The van der Waals surface area contributed by atoms with Crippen molar-refractivity contribution in [3.8, 4) is 23.2 Å². The Kier molecular flexibility index (Phi) is 5.54. The predicted molar refractivity (Wildman–Crippen MR) is 108 cm³/mol. The molecule has 0 radical (unpaired) electrons. The SMILES string of the molecule is Cl.Cn1c(-c2cccc(F)c2)nc2c(N)nc(C#CC3(O)CCCCC3)nc21. The molecule has 8 heteroatoms. The van der Waals surface area contributed by atoms with Crippen LogP contribution in [0.4, 0.5) is 10.2 Å². The van der Waals surface area contributed by atoms with Gasteiger partial charge in [-0.05, 0) is 43.7 Å². The summed E-state index contributed by atoms with van der Waals surface area (Å²) in [5.74, 6) is 6.44. The first-order chi connectivity index (χ1) is 13.0. The third-order valence-corrected chi connectivity index (χ3v) is 4.92. The molecule has 0 aliphatic heterocycles. The average molecular weight is 402 g/mol. The number of hydrogen-bond acceptors (Lipinski definition) is 5. The van der Waals surface area contributed by atoms with Crippen molar-refractivity contribution in [2.45, 2.75) is 37.7 Å². The lowest BCUT2D eigenvalue weighted by Crippen LogP contribution is -2.29. The highest BCUT2D eigenvalue weighted by Gasteiger charge is 2.26. The number of halogens is 2. The third-order valence-electron chi connectivity index (χ3n) is 4.92. The first kappa shape index (κ1) is 20.1. The van der Waals surface area contributed by atoms with E-state index in [1.54, 1.807) is 23.7 Å². The molecule has 3 N–H and O–H groups in total. The van der Waals surface area contributed by atoms with Crippen molar-refractivity contribution < 1.29 is 9.50 Å². The molecule has 6 nitrogen and oxygen atoms in total. The number of aromatic nitrogens is 4. The van der Waals surface area contributed by atoms with Gasteiger partial charge in [0.1, 0.15) is 17.2 Å². The summed E-state index contributed by atoms with van der Waals surface area (Å²) in [4.78, 5) is 13.1. The second kappa shape index (κ2) is 7.74. The minimum Gasteiger partial charge on any atom is -0.382 e. The number of rotatable bonds is 1. The lowest BCUT2D eigenvalue weighted by atomic mass is 9.85. The standard InChI is InChI=1S/C20H20FN5O.ClH/c1-26-18(13-6-5-7-14(21)12-13)25-16-17(22)23-15(24-19(16)26)8-11-20(27)9-3-2-4-10-20;/h5-7,12,27H,2-4,9-10H2,1H3,(H2,22,23,24);1H. The summed E-state index contributed by atoms with van der Waals surface area (Å²) < 4.78 is 15.3. The number of fused-ring (bicyclic) bond motifs is 1. The molecule has 2 aromatic heterocycles. The van der Waals surface area contributed by atoms with Crippen LogP contribution in [0.2, 0.25) is 0 Å². The number of nitrogens with two attached hydrogens (primary N) is 1. The minimum atomic E-state index is -0.982. The van der Waals surface area contributed by atoms with Gasteiger partial charge in [-0.3, -0.25) is 0 Å². The molecular formula is C20H21ClFN5O. The van der Waals surface area contributed by atoms with Crippen molar-refractivity contribution in [3.63, 3.8) is 0 Å². The van der Waals surface area contributed by atoms with Crippen molar-refractivity contribution in [2.24, 2.45) is 7.05 Å². The number of aryl methyl sites for hydroxylation is 1. The first-order valence-corrected chi connectivity index (χ1v) is 8.97. The average Bonchev–Trinajstić information content (AvgIpc) is 2.98. The van der Waals surface area contributed by atoms with Gasteiger partial charge in [0.05, 0.1) is 0 Å². The minimum absolute atomic E-state index is 0. The zero-order chi connectivity index (χ0) is 19.0. The van der Waals surface area contributed by atoms with E-state index in [2.05, 4.69) is 26.8 Å². The van der Waals surface area contributed by atoms with Crippen molar-refractivity contribution >= 4 is 29.4 Å². The predicted octanol–water partition coefficient (Wildman–Crippen LogP) is 3.22. The molecule has 28 heavy (non-hydrogen) atoms. The molecule has 0 saturated heterocycles. The molecule has 146 valence electrons.